The highest BCUT2D eigenvalue weighted by atomic mass is 16.5. The van der Waals surface area contributed by atoms with Gasteiger partial charge in [-0.3, -0.25) is 0 Å². The summed E-state index contributed by atoms with van der Waals surface area (Å²) >= 11 is 0. The third kappa shape index (κ3) is 2.57. The van der Waals surface area contributed by atoms with Gasteiger partial charge in [0, 0.05) is 13.0 Å². The Morgan fingerprint density at radius 2 is 2.38 bits per heavy atom. The number of furan rings is 1. The van der Waals surface area contributed by atoms with Crippen molar-refractivity contribution in [1.29, 1.82) is 0 Å². The summed E-state index contributed by atoms with van der Waals surface area (Å²) in [6.45, 7) is 2.86. The predicted molar refractivity (Wildman–Crippen MR) is 51.5 cm³/mol. The molecule has 1 rings (SSSR count). The van der Waals surface area contributed by atoms with Gasteiger partial charge >= 0.3 is 0 Å². The maximum Gasteiger partial charge on any atom is 0.121 e. The van der Waals surface area contributed by atoms with Gasteiger partial charge in [-0.1, -0.05) is 6.92 Å². The van der Waals surface area contributed by atoms with Gasteiger partial charge in [-0.15, -0.1) is 0 Å². The maximum absolute atomic E-state index is 5.34. The second kappa shape index (κ2) is 5.04. The molecule has 74 valence electrons. The molecule has 3 heteroatoms. The molecule has 0 aromatic carbocycles. The van der Waals surface area contributed by atoms with E-state index >= 15 is 0 Å². The fraction of sp³-hybridized carbons (Fsp3) is 0.600. The van der Waals surface area contributed by atoms with Crippen LogP contribution in [-0.2, 0) is 4.74 Å². The first-order chi connectivity index (χ1) is 6.29. The van der Waals surface area contributed by atoms with Crippen molar-refractivity contribution in [3.8, 4) is 0 Å². The minimum Gasteiger partial charge on any atom is -0.468 e. The van der Waals surface area contributed by atoms with E-state index in [9.17, 15) is 0 Å². The Morgan fingerprint density at radius 1 is 1.62 bits per heavy atom. The molecule has 0 spiro atoms. The normalized spacial score (nSPS) is 15.6. The molecule has 0 saturated heterocycles. The molecule has 0 saturated carbocycles. The molecular formula is C10H17NO2. The molecule has 13 heavy (non-hydrogen) atoms. The van der Waals surface area contributed by atoms with Crippen LogP contribution in [0.3, 0.4) is 0 Å². The lowest BCUT2D eigenvalue weighted by molar-refractivity contribution is 0.135. The van der Waals surface area contributed by atoms with E-state index in [0.29, 0.717) is 5.92 Å². The first kappa shape index (κ1) is 10.3. The number of hydrogen-bond acceptors (Lipinski definition) is 3. The number of methoxy groups -OCH3 is 1. The summed E-state index contributed by atoms with van der Waals surface area (Å²) in [5, 5.41) is 3.22. The molecule has 0 aliphatic rings. The Hall–Kier alpha value is -0.800. The first-order valence-corrected chi connectivity index (χ1v) is 4.49. The summed E-state index contributed by atoms with van der Waals surface area (Å²) in [5.74, 6) is 1.37. The minimum atomic E-state index is 0.231. The highest BCUT2D eigenvalue weighted by molar-refractivity contribution is 5.05. The molecule has 0 fully saturated rings. The summed E-state index contributed by atoms with van der Waals surface area (Å²) < 4.78 is 10.4. The van der Waals surface area contributed by atoms with Crippen LogP contribution in [0.1, 0.15) is 18.7 Å². The second-order valence-corrected chi connectivity index (χ2v) is 3.21. The summed E-state index contributed by atoms with van der Waals surface area (Å²) in [7, 11) is 3.64. The highest BCUT2D eigenvalue weighted by Gasteiger charge is 2.19. The summed E-state index contributed by atoms with van der Waals surface area (Å²) in [6.07, 6.45) is 1.69. The molecule has 2 atom stereocenters. The fourth-order valence-electron chi connectivity index (χ4n) is 1.53. The Balaban J connectivity index is 2.62. The van der Waals surface area contributed by atoms with E-state index in [2.05, 4.69) is 12.2 Å². The average molecular weight is 183 g/mol. The van der Waals surface area contributed by atoms with Gasteiger partial charge < -0.3 is 14.5 Å². The first-order valence-electron chi connectivity index (χ1n) is 4.49. The molecule has 0 radical (unpaired) electrons. The van der Waals surface area contributed by atoms with E-state index in [1.165, 1.54) is 0 Å². The number of rotatable bonds is 5. The Bertz CT molecular complexity index is 221. The van der Waals surface area contributed by atoms with Gasteiger partial charge in [0.15, 0.2) is 0 Å². The van der Waals surface area contributed by atoms with Crippen LogP contribution in [0.15, 0.2) is 22.8 Å². The zero-order valence-corrected chi connectivity index (χ0v) is 8.41. The van der Waals surface area contributed by atoms with Crippen LogP contribution < -0.4 is 5.32 Å². The van der Waals surface area contributed by atoms with Crippen LogP contribution in [0.25, 0.3) is 0 Å². The summed E-state index contributed by atoms with van der Waals surface area (Å²) in [4.78, 5) is 0. The van der Waals surface area contributed by atoms with Crippen LogP contribution >= 0.6 is 0 Å². The van der Waals surface area contributed by atoms with Gasteiger partial charge in [-0.2, -0.15) is 0 Å². The zero-order chi connectivity index (χ0) is 9.68. The monoisotopic (exact) mass is 183 g/mol. The van der Waals surface area contributed by atoms with Crippen molar-refractivity contribution in [2.24, 2.45) is 5.92 Å². The Morgan fingerprint density at radius 3 is 2.85 bits per heavy atom. The summed E-state index contributed by atoms with van der Waals surface area (Å²) in [5.41, 5.74) is 0. The maximum atomic E-state index is 5.34. The van der Waals surface area contributed by atoms with Crippen molar-refractivity contribution in [2.75, 3.05) is 20.8 Å². The van der Waals surface area contributed by atoms with Crippen LogP contribution in [0, 0.1) is 5.92 Å². The molecule has 3 nitrogen and oxygen atoms in total. The van der Waals surface area contributed by atoms with E-state index < -0.39 is 0 Å². The lowest BCUT2D eigenvalue weighted by atomic mass is 10.0. The van der Waals surface area contributed by atoms with E-state index in [0.717, 1.165) is 12.4 Å². The van der Waals surface area contributed by atoms with E-state index in [4.69, 9.17) is 9.15 Å². The van der Waals surface area contributed by atoms with Crippen LogP contribution in [-0.4, -0.2) is 20.8 Å². The Kier molecular flexibility index (Phi) is 3.99. The summed E-state index contributed by atoms with van der Waals surface area (Å²) in [6, 6.07) is 4.11. The van der Waals surface area contributed by atoms with Crippen LogP contribution in [0.5, 0.6) is 0 Å². The van der Waals surface area contributed by atoms with Gasteiger partial charge in [0.1, 0.15) is 5.76 Å². The molecule has 0 unspecified atom stereocenters. The van der Waals surface area contributed by atoms with Crippen molar-refractivity contribution < 1.29 is 9.15 Å². The largest absolute Gasteiger partial charge is 0.468 e. The smallest absolute Gasteiger partial charge is 0.121 e. The highest BCUT2D eigenvalue weighted by Crippen LogP contribution is 2.21. The van der Waals surface area contributed by atoms with Gasteiger partial charge in [0.2, 0.25) is 0 Å². The van der Waals surface area contributed by atoms with Crippen molar-refractivity contribution in [2.45, 2.75) is 13.0 Å². The molecule has 1 aromatic heterocycles. The molecule has 1 aromatic rings. The lowest BCUT2D eigenvalue weighted by Crippen LogP contribution is -2.25. The van der Waals surface area contributed by atoms with Crippen LogP contribution in [0.2, 0.25) is 0 Å². The Labute approximate surface area is 79.1 Å². The third-order valence-electron chi connectivity index (χ3n) is 2.16. The number of nitrogens with one attached hydrogen (secondary N) is 1. The van der Waals surface area contributed by atoms with Crippen LogP contribution in [0.4, 0.5) is 0 Å². The lowest BCUT2D eigenvalue weighted by Gasteiger charge is -2.20. The molecular weight excluding hydrogens is 166 g/mol. The molecule has 0 aliphatic heterocycles. The quantitative estimate of drug-likeness (QED) is 0.756. The molecule has 0 aliphatic carbocycles. The van der Waals surface area contributed by atoms with E-state index in [1.807, 2.05) is 19.2 Å². The molecule has 0 bridgehead atoms. The van der Waals surface area contributed by atoms with Gasteiger partial charge in [0.25, 0.3) is 0 Å². The van der Waals surface area contributed by atoms with Gasteiger partial charge in [0.05, 0.1) is 18.9 Å². The molecule has 0 amide bonds. The zero-order valence-electron chi connectivity index (χ0n) is 8.41. The number of ether oxygens (including phenoxy) is 1. The average Bonchev–Trinajstić information content (AvgIpc) is 2.59. The number of hydrogen-bond donors (Lipinski definition) is 1. The van der Waals surface area contributed by atoms with Gasteiger partial charge in [-0.05, 0) is 19.2 Å². The minimum absolute atomic E-state index is 0.231. The molecule has 1 heterocycles. The van der Waals surface area contributed by atoms with Crippen molar-refractivity contribution in [1.82, 2.24) is 5.32 Å². The second-order valence-electron chi connectivity index (χ2n) is 3.21. The van der Waals surface area contributed by atoms with Crippen molar-refractivity contribution >= 4 is 0 Å². The predicted octanol–water partition coefficient (Wildman–Crippen LogP) is 1.82. The SMILES string of the molecule is CN[C@H](c1ccco1)[C@H](C)COC. The standard InChI is InChI=1S/C10H17NO2/c1-8(7-12-3)10(11-2)9-5-4-6-13-9/h4-6,8,10-11H,7H2,1-3H3/t8-,10+/m1/s1. The van der Waals surface area contributed by atoms with Gasteiger partial charge in [-0.25, -0.2) is 0 Å². The molecule has 1 N–H and O–H groups in total. The third-order valence-corrected chi connectivity index (χ3v) is 2.16. The topological polar surface area (TPSA) is 34.4 Å². The van der Waals surface area contributed by atoms with E-state index in [1.54, 1.807) is 13.4 Å². The van der Waals surface area contributed by atoms with E-state index in [-0.39, 0.29) is 6.04 Å². The van der Waals surface area contributed by atoms with Crippen molar-refractivity contribution in [3.05, 3.63) is 24.2 Å². The van der Waals surface area contributed by atoms with Crippen molar-refractivity contribution in [3.63, 3.8) is 0 Å². The fourth-order valence-corrected chi connectivity index (χ4v) is 1.53.